The van der Waals surface area contributed by atoms with Crippen LogP contribution in [-0.2, 0) is 0 Å². The Bertz CT molecular complexity index is 312. The largest absolute Gasteiger partial charge is 0.389 e. The molecular formula is C12H17BrOS. The van der Waals surface area contributed by atoms with Crippen molar-refractivity contribution >= 4 is 27.7 Å². The third kappa shape index (κ3) is 4.17. The van der Waals surface area contributed by atoms with E-state index >= 15 is 0 Å². The number of unbranched alkanes of at least 4 members (excludes halogenated alkanes) is 1. The molecule has 1 atom stereocenters. The maximum atomic E-state index is 9.43. The van der Waals surface area contributed by atoms with Crippen molar-refractivity contribution < 1.29 is 5.11 Å². The first-order chi connectivity index (χ1) is 7.15. The molecule has 0 aliphatic rings. The third-order valence-electron chi connectivity index (χ3n) is 2.19. The minimum Gasteiger partial charge on any atom is -0.389 e. The van der Waals surface area contributed by atoms with E-state index in [9.17, 15) is 5.11 Å². The van der Waals surface area contributed by atoms with Crippen LogP contribution in [0.15, 0.2) is 27.6 Å². The minimum absolute atomic E-state index is 0.393. The summed E-state index contributed by atoms with van der Waals surface area (Å²) in [6.07, 6.45) is 2.09. The van der Waals surface area contributed by atoms with Crippen molar-refractivity contribution in [2.45, 2.75) is 37.7 Å². The zero-order valence-electron chi connectivity index (χ0n) is 9.16. The summed E-state index contributed by atoms with van der Waals surface area (Å²) in [5, 5.41) is 9.43. The summed E-state index contributed by atoms with van der Waals surface area (Å²) in [5.74, 6) is 1.16. The fraction of sp³-hybridized carbons (Fsp3) is 0.500. The highest BCUT2D eigenvalue weighted by molar-refractivity contribution is 9.10. The van der Waals surface area contributed by atoms with E-state index in [-0.39, 0.29) is 0 Å². The average Bonchev–Trinajstić information content (AvgIpc) is 2.20. The van der Waals surface area contributed by atoms with Gasteiger partial charge < -0.3 is 5.11 Å². The van der Waals surface area contributed by atoms with Gasteiger partial charge in [0.15, 0.2) is 0 Å². The number of hydrogen-bond donors (Lipinski definition) is 1. The van der Waals surface area contributed by atoms with E-state index in [1.54, 1.807) is 6.92 Å². The van der Waals surface area contributed by atoms with Gasteiger partial charge in [-0.1, -0.05) is 19.4 Å². The third-order valence-corrected chi connectivity index (χ3v) is 4.27. The number of aliphatic hydroxyl groups excluding tert-OH is 1. The van der Waals surface area contributed by atoms with Crippen LogP contribution < -0.4 is 0 Å². The smallest absolute Gasteiger partial charge is 0.0762 e. The van der Waals surface area contributed by atoms with Crippen LogP contribution in [0.2, 0.25) is 0 Å². The fourth-order valence-electron chi connectivity index (χ4n) is 1.22. The molecule has 1 aromatic carbocycles. The van der Waals surface area contributed by atoms with Gasteiger partial charge in [0.25, 0.3) is 0 Å². The molecule has 0 saturated heterocycles. The molecule has 1 unspecified atom stereocenters. The van der Waals surface area contributed by atoms with E-state index in [0.29, 0.717) is 0 Å². The summed E-state index contributed by atoms with van der Waals surface area (Å²) in [6, 6.07) is 6.06. The molecule has 0 aromatic heterocycles. The first-order valence-electron chi connectivity index (χ1n) is 5.25. The van der Waals surface area contributed by atoms with Crippen LogP contribution in [0.1, 0.15) is 38.4 Å². The molecule has 0 saturated carbocycles. The number of benzene rings is 1. The second kappa shape index (κ2) is 6.56. The second-order valence-corrected chi connectivity index (χ2v) is 5.56. The van der Waals surface area contributed by atoms with Crippen molar-refractivity contribution in [2.75, 3.05) is 5.75 Å². The van der Waals surface area contributed by atoms with Gasteiger partial charge in [0.2, 0.25) is 0 Å². The molecule has 0 bridgehead atoms. The van der Waals surface area contributed by atoms with Crippen LogP contribution in [-0.4, -0.2) is 10.9 Å². The topological polar surface area (TPSA) is 20.2 Å². The van der Waals surface area contributed by atoms with E-state index in [1.165, 1.54) is 17.7 Å². The van der Waals surface area contributed by atoms with E-state index in [4.69, 9.17) is 0 Å². The van der Waals surface area contributed by atoms with Crippen molar-refractivity contribution in [3.05, 3.63) is 28.2 Å². The quantitative estimate of drug-likeness (QED) is 0.640. The number of aliphatic hydroxyl groups is 1. The molecule has 0 radical (unpaired) electrons. The summed E-state index contributed by atoms with van der Waals surface area (Å²) >= 11 is 5.40. The highest BCUT2D eigenvalue weighted by Crippen LogP contribution is 2.30. The van der Waals surface area contributed by atoms with Crippen LogP contribution in [0.5, 0.6) is 0 Å². The van der Waals surface area contributed by atoms with Crippen molar-refractivity contribution in [1.82, 2.24) is 0 Å². The van der Waals surface area contributed by atoms with Gasteiger partial charge in [0.05, 0.1) is 6.10 Å². The number of halogens is 1. The Kier molecular flexibility index (Phi) is 5.72. The average molecular weight is 289 g/mol. The summed E-state index contributed by atoms with van der Waals surface area (Å²) in [6.45, 7) is 3.98. The van der Waals surface area contributed by atoms with Crippen LogP contribution in [0.4, 0.5) is 0 Å². The number of thioether (sulfide) groups is 1. The van der Waals surface area contributed by atoms with Gasteiger partial charge in [-0.2, -0.15) is 0 Å². The SMILES string of the molecule is CCCCSc1ccc(C(C)O)cc1Br. The van der Waals surface area contributed by atoms with Gasteiger partial charge in [0.1, 0.15) is 0 Å². The van der Waals surface area contributed by atoms with Gasteiger partial charge in [-0.05, 0) is 52.7 Å². The van der Waals surface area contributed by atoms with Gasteiger partial charge in [-0.25, -0.2) is 0 Å². The molecule has 0 spiro atoms. The Labute approximate surface area is 104 Å². The normalized spacial score (nSPS) is 12.8. The molecule has 3 heteroatoms. The summed E-state index contributed by atoms with van der Waals surface area (Å²) in [4.78, 5) is 1.26. The molecule has 1 N–H and O–H groups in total. The molecule has 1 nitrogen and oxygen atoms in total. The summed E-state index contributed by atoms with van der Waals surface area (Å²) in [5.41, 5.74) is 0.960. The highest BCUT2D eigenvalue weighted by Gasteiger charge is 2.05. The Morgan fingerprint density at radius 3 is 2.73 bits per heavy atom. The van der Waals surface area contributed by atoms with E-state index in [0.717, 1.165) is 15.8 Å². The lowest BCUT2D eigenvalue weighted by Gasteiger charge is -2.08. The molecule has 15 heavy (non-hydrogen) atoms. The maximum absolute atomic E-state index is 9.43. The molecule has 0 fully saturated rings. The Morgan fingerprint density at radius 2 is 2.20 bits per heavy atom. The molecule has 1 aromatic rings. The zero-order valence-corrected chi connectivity index (χ0v) is 11.6. The van der Waals surface area contributed by atoms with Crippen molar-refractivity contribution in [3.8, 4) is 0 Å². The lowest BCUT2D eigenvalue weighted by molar-refractivity contribution is 0.199. The fourth-order valence-corrected chi connectivity index (χ4v) is 2.97. The van der Waals surface area contributed by atoms with Crippen LogP contribution in [0.3, 0.4) is 0 Å². The lowest BCUT2D eigenvalue weighted by atomic mass is 10.1. The van der Waals surface area contributed by atoms with E-state index in [1.807, 2.05) is 23.9 Å². The standard InChI is InChI=1S/C12H17BrOS/c1-3-4-7-15-12-6-5-10(9(2)14)8-11(12)13/h5-6,8-9,14H,3-4,7H2,1-2H3. The molecule has 0 aliphatic carbocycles. The molecule has 1 rings (SSSR count). The van der Waals surface area contributed by atoms with Gasteiger partial charge in [0, 0.05) is 9.37 Å². The minimum atomic E-state index is -0.393. The lowest BCUT2D eigenvalue weighted by Crippen LogP contribution is -1.91. The zero-order chi connectivity index (χ0) is 11.3. The van der Waals surface area contributed by atoms with E-state index < -0.39 is 6.10 Å². The van der Waals surface area contributed by atoms with Crippen molar-refractivity contribution in [3.63, 3.8) is 0 Å². The monoisotopic (exact) mass is 288 g/mol. The highest BCUT2D eigenvalue weighted by atomic mass is 79.9. The predicted molar refractivity (Wildman–Crippen MR) is 70.4 cm³/mol. The van der Waals surface area contributed by atoms with Gasteiger partial charge in [-0.15, -0.1) is 11.8 Å². The number of hydrogen-bond acceptors (Lipinski definition) is 2. The van der Waals surface area contributed by atoms with Crippen molar-refractivity contribution in [1.29, 1.82) is 0 Å². The molecule has 84 valence electrons. The van der Waals surface area contributed by atoms with E-state index in [2.05, 4.69) is 28.9 Å². The first kappa shape index (κ1) is 13.1. The Hall–Kier alpha value is 0.01000. The van der Waals surface area contributed by atoms with Crippen LogP contribution >= 0.6 is 27.7 Å². The van der Waals surface area contributed by atoms with Crippen molar-refractivity contribution in [2.24, 2.45) is 0 Å². The molecule has 0 aliphatic heterocycles. The second-order valence-electron chi connectivity index (χ2n) is 3.57. The molecular weight excluding hydrogens is 272 g/mol. The summed E-state index contributed by atoms with van der Waals surface area (Å²) < 4.78 is 1.09. The maximum Gasteiger partial charge on any atom is 0.0762 e. The van der Waals surface area contributed by atoms with Crippen LogP contribution in [0, 0.1) is 0 Å². The summed E-state index contributed by atoms with van der Waals surface area (Å²) in [7, 11) is 0. The molecule has 0 amide bonds. The van der Waals surface area contributed by atoms with Crippen LogP contribution in [0.25, 0.3) is 0 Å². The predicted octanol–water partition coefficient (Wildman–Crippen LogP) is 4.39. The first-order valence-corrected chi connectivity index (χ1v) is 7.03. The number of rotatable bonds is 5. The Morgan fingerprint density at radius 1 is 1.47 bits per heavy atom. The molecule has 0 heterocycles. The van der Waals surface area contributed by atoms with Gasteiger partial charge >= 0.3 is 0 Å². The van der Waals surface area contributed by atoms with Gasteiger partial charge in [-0.3, -0.25) is 0 Å². The Balaban J connectivity index is 2.66.